The van der Waals surface area contributed by atoms with E-state index in [9.17, 15) is 14.9 Å². The van der Waals surface area contributed by atoms with Gasteiger partial charge < -0.3 is 4.90 Å². The van der Waals surface area contributed by atoms with Gasteiger partial charge in [-0.1, -0.05) is 43.3 Å². The second-order valence-corrected chi connectivity index (χ2v) is 7.46. The van der Waals surface area contributed by atoms with Crippen LogP contribution >= 0.6 is 0 Å². The highest BCUT2D eigenvalue weighted by Gasteiger charge is 2.21. The van der Waals surface area contributed by atoms with Crippen molar-refractivity contribution < 1.29 is 9.72 Å². The van der Waals surface area contributed by atoms with Crippen LogP contribution in [0.5, 0.6) is 0 Å². The first-order chi connectivity index (χ1) is 14.3. The molecule has 0 radical (unpaired) electrons. The van der Waals surface area contributed by atoms with Crippen LogP contribution in [0.4, 0.5) is 5.69 Å². The van der Waals surface area contributed by atoms with Crippen molar-refractivity contribution in [1.82, 2.24) is 14.7 Å². The van der Waals surface area contributed by atoms with Gasteiger partial charge in [-0.15, -0.1) is 0 Å². The van der Waals surface area contributed by atoms with Crippen LogP contribution < -0.4 is 0 Å². The first kappa shape index (κ1) is 21.2. The summed E-state index contributed by atoms with van der Waals surface area (Å²) >= 11 is 0. The third-order valence-electron chi connectivity index (χ3n) is 5.26. The highest BCUT2D eigenvalue weighted by atomic mass is 16.6. The predicted octanol–water partition coefficient (Wildman–Crippen LogP) is 4.29. The molecule has 156 valence electrons. The smallest absolute Gasteiger partial charge is 0.312 e. The van der Waals surface area contributed by atoms with Crippen LogP contribution in [0.3, 0.4) is 0 Å². The number of nitrogens with zero attached hydrogens (tertiary/aromatic N) is 4. The van der Waals surface area contributed by atoms with Gasteiger partial charge in [-0.05, 0) is 49.1 Å². The number of amides is 1. The Kier molecular flexibility index (Phi) is 6.30. The molecule has 0 atom stereocenters. The minimum atomic E-state index is -0.401. The van der Waals surface area contributed by atoms with Gasteiger partial charge in [-0.2, -0.15) is 5.10 Å². The van der Waals surface area contributed by atoms with Crippen molar-refractivity contribution in [2.45, 2.75) is 40.3 Å². The van der Waals surface area contributed by atoms with E-state index in [2.05, 4.69) is 36.3 Å². The van der Waals surface area contributed by atoms with Gasteiger partial charge in [0, 0.05) is 19.2 Å². The molecule has 30 heavy (non-hydrogen) atoms. The Morgan fingerprint density at radius 3 is 2.13 bits per heavy atom. The van der Waals surface area contributed by atoms with E-state index in [1.807, 2.05) is 12.1 Å². The molecule has 0 spiro atoms. The van der Waals surface area contributed by atoms with Gasteiger partial charge in [0.05, 0.1) is 11.5 Å². The molecule has 0 fully saturated rings. The van der Waals surface area contributed by atoms with Crippen molar-refractivity contribution in [3.8, 4) is 0 Å². The average molecular weight is 406 g/mol. The van der Waals surface area contributed by atoms with Crippen LogP contribution in [0, 0.1) is 24.0 Å². The first-order valence-corrected chi connectivity index (χ1v) is 9.90. The maximum atomic E-state index is 12.8. The van der Waals surface area contributed by atoms with Crippen LogP contribution in [0.25, 0.3) is 0 Å². The number of nitro groups is 1. The Hall–Kier alpha value is -3.48. The van der Waals surface area contributed by atoms with Crippen LogP contribution in [-0.4, -0.2) is 32.6 Å². The van der Waals surface area contributed by atoms with E-state index in [0.29, 0.717) is 30.0 Å². The zero-order valence-electron chi connectivity index (χ0n) is 17.8. The second kappa shape index (κ2) is 8.90. The molecular weight excluding hydrogens is 380 g/mol. The summed E-state index contributed by atoms with van der Waals surface area (Å²) in [5.74, 6) is -0.0529. The van der Waals surface area contributed by atoms with Crippen molar-refractivity contribution in [3.63, 3.8) is 0 Å². The van der Waals surface area contributed by atoms with E-state index in [0.717, 1.165) is 17.5 Å². The number of rotatable bonds is 7. The Balaban J connectivity index is 1.68. The van der Waals surface area contributed by atoms with Gasteiger partial charge in [0.15, 0.2) is 0 Å². The van der Waals surface area contributed by atoms with Crippen LogP contribution in [0.2, 0.25) is 0 Å². The molecule has 1 aromatic heterocycles. The van der Waals surface area contributed by atoms with Gasteiger partial charge in [0.2, 0.25) is 0 Å². The zero-order chi connectivity index (χ0) is 21.8. The molecule has 0 aliphatic rings. The van der Waals surface area contributed by atoms with Gasteiger partial charge in [-0.3, -0.25) is 19.6 Å². The maximum Gasteiger partial charge on any atom is 0.312 e. The van der Waals surface area contributed by atoms with Crippen molar-refractivity contribution in [2.75, 3.05) is 7.05 Å². The number of hydrogen-bond acceptors (Lipinski definition) is 4. The third-order valence-corrected chi connectivity index (χ3v) is 5.26. The van der Waals surface area contributed by atoms with E-state index in [1.54, 1.807) is 42.6 Å². The van der Waals surface area contributed by atoms with E-state index < -0.39 is 4.92 Å². The predicted molar refractivity (Wildman–Crippen MR) is 116 cm³/mol. The minimum absolute atomic E-state index is 0.0513. The highest BCUT2D eigenvalue weighted by molar-refractivity contribution is 5.94. The molecule has 2 aromatic carbocycles. The van der Waals surface area contributed by atoms with Gasteiger partial charge in [0.1, 0.15) is 11.4 Å². The quantitative estimate of drug-likeness (QED) is 0.433. The van der Waals surface area contributed by atoms with E-state index in [4.69, 9.17) is 0 Å². The van der Waals surface area contributed by atoms with Crippen LogP contribution in [0.15, 0.2) is 48.5 Å². The van der Waals surface area contributed by atoms with Gasteiger partial charge in [0.25, 0.3) is 5.91 Å². The number of carbonyl (C=O) groups excluding carboxylic acids is 1. The molecule has 3 aromatic rings. The maximum absolute atomic E-state index is 12.8. The molecule has 3 rings (SSSR count). The van der Waals surface area contributed by atoms with E-state index in [1.165, 1.54) is 5.56 Å². The summed E-state index contributed by atoms with van der Waals surface area (Å²) in [6.07, 6.45) is 0.992. The second-order valence-electron chi connectivity index (χ2n) is 7.46. The summed E-state index contributed by atoms with van der Waals surface area (Å²) in [6.45, 7) is 6.39. The molecule has 0 N–H and O–H groups in total. The Labute approximate surface area is 176 Å². The fraction of sp³-hybridized carbons (Fsp3) is 0.304. The molecule has 0 saturated carbocycles. The van der Waals surface area contributed by atoms with Crippen molar-refractivity contribution in [1.29, 1.82) is 0 Å². The Bertz CT molecular complexity index is 1050. The summed E-state index contributed by atoms with van der Waals surface area (Å²) < 4.78 is 1.62. The van der Waals surface area contributed by atoms with E-state index >= 15 is 0 Å². The van der Waals surface area contributed by atoms with Crippen LogP contribution in [0.1, 0.15) is 45.4 Å². The molecule has 0 saturated heterocycles. The molecule has 0 aliphatic heterocycles. The molecule has 1 heterocycles. The molecule has 0 unspecified atom stereocenters. The fourth-order valence-corrected chi connectivity index (χ4v) is 3.48. The molecular formula is C23H26N4O3. The SMILES string of the molecule is CCc1ccc(CN(C)C(=O)c2ccc(Cn3nc(C)c([N+](=O)[O-])c3C)cc2)cc1. The monoisotopic (exact) mass is 406 g/mol. The normalized spacial score (nSPS) is 10.8. The molecule has 7 nitrogen and oxygen atoms in total. The number of aryl methyl sites for hydroxylation is 2. The lowest BCUT2D eigenvalue weighted by molar-refractivity contribution is -0.386. The fourth-order valence-electron chi connectivity index (χ4n) is 3.48. The lowest BCUT2D eigenvalue weighted by atomic mass is 10.1. The topological polar surface area (TPSA) is 81.3 Å². The van der Waals surface area contributed by atoms with Crippen LogP contribution in [-0.2, 0) is 19.5 Å². The largest absolute Gasteiger partial charge is 0.337 e. The Morgan fingerprint density at radius 2 is 1.60 bits per heavy atom. The minimum Gasteiger partial charge on any atom is -0.337 e. The first-order valence-electron chi connectivity index (χ1n) is 9.90. The standard InChI is InChI=1S/C23H26N4O3/c1-5-18-6-8-19(9-7-18)14-25(4)23(28)21-12-10-20(11-13-21)15-26-17(3)22(27(29)30)16(2)24-26/h6-13H,5,14-15H2,1-4H3. The molecule has 7 heteroatoms. The van der Waals surface area contributed by atoms with Crippen molar-refractivity contribution in [3.05, 3.63) is 92.3 Å². The molecule has 0 bridgehead atoms. The summed E-state index contributed by atoms with van der Waals surface area (Å²) in [5.41, 5.74) is 4.86. The molecule has 1 amide bonds. The van der Waals surface area contributed by atoms with Gasteiger partial charge >= 0.3 is 5.69 Å². The van der Waals surface area contributed by atoms with Gasteiger partial charge in [-0.25, -0.2) is 0 Å². The molecule has 0 aliphatic carbocycles. The summed E-state index contributed by atoms with van der Waals surface area (Å²) in [5, 5.41) is 15.4. The Morgan fingerprint density at radius 1 is 1.03 bits per heavy atom. The number of hydrogen-bond donors (Lipinski definition) is 0. The lowest BCUT2D eigenvalue weighted by Crippen LogP contribution is -2.26. The highest BCUT2D eigenvalue weighted by Crippen LogP contribution is 2.22. The third kappa shape index (κ3) is 4.56. The number of benzene rings is 2. The van der Waals surface area contributed by atoms with Crippen molar-refractivity contribution in [2.24, 2.45) is 0 Å². The van der Waals surface area contributed by atoms with Crippen molar-refractivity contribution >= 4 is 11.6 Å². The van der Waals surface area contributed by atoms with E-state index in [-0.39, 0.29) is 11.6 Å². The zero-order valence-corrected chi connectivity index (χ0v) is 17.8. The summed E-state index contributed by atoms with van der Waals surface area (Å²) in [7, 11) is 1.79. The number of aromatic nitrogens is 2. The average Bonchev–Trinajstić information content (AvgIpc) is 3.01. The lowest BCUT2D eigenvalue weighted by Gasteiger charge is -2.18. The summed E-state index contributed by atoms with van der Waals surface area (Å²) in [4.78, 5) is 25.2. The summed E-state index contributed by atoms with van der Waals surface area (Å²) in [6, 6.07) is 15.6. The number of carbonyl (C=O) groups is 1.